The van der Waals surface area contributed by atoms with Crippen molar-refractivity contribution in [2.45, 2.75) is 32.6 Å². The molecular weight excluding hydrogens is 298 g/mol. The van der Waals surface area contributed by atoms with Crippen molar-refractivity contribution >= 4 is 11.6 Å². The molecule has 2 rings (SSSR count). The first-order valence-electron chi connectivity index (χ1n) is 9.32. The summed E-state index contributed by atoms with van der Waals surface area (Å²) < 4.78 is 0. The number of carbonyl (C=O) groups is 1. The molecule has 0 spiro atoms. The van der Waals surface area contributed by atoms with E-state index in [0.717, 1.165) is 24.7 Å². The maximum atomic E-state index is 12.5. The average Bonchev–Trinajstić information content (AvgIpc) is 2.61. The number of carbonyl (C=O) groups excluding carboxylic acids is 1. The molecular formula is C20H33N3O. The molecule has 1 aromatic rings. The molecule has 4 heteroatoms. The fourth-order valence-corrected chi connectivity index (χ4v) is 3.38. The summed E-state index contributed by atoms with van der Waals surface area (Å²) in [6, 6.07) is 9.88. The van der Waals surface area contributed by atoms with Gasteiger partial charge in [-0.05, 0) is 64.0 Å². The second kappa shape index (κ2) is 9.80. The lowest BCUT2D eigenvalue weighted by Crippen LogP contribution is -2.43. The SMILES string of the molecule is CCCCN(C)CC1CCN(CC(=O)N(C)c2ccccc2)CC1. The highest BCUT2D eigenvalue weighted by Gasteiger charge is 2.23. The van der Waals surface area contributed by atoms with Crippen molar-refractivity contribution in [3.63, 3.8) is 0 Å². The molecule has 0 N–H and O–H groups in total. The number of hydrogen-bond donors (Lipinski definition) is 0. The maximum absolute atomic E-state index is 12.5. The van der Waals surface area contributed by atoms with Crippen molar-refractivity contribution in [2.24, 2.45) is 5.92 Å². The van der Waals surface area contributed by atoms with E-state index in [4.69, 9.17) is 0 Å². The topological polar surface area (TPSA) is 26.8 Å². The van der Waals surface area contributed by atoms with Gasteiger partial charge >= 0.3 is 0 Å². The van der Waals surface area contributed by atoms with Gasteiger partial charge in [-0.25, -0.2) is 0 Å². The van der Waals surface area contributed by atoms with E-state index < -0.39 is 0 Å². The number of para-hydroxylation sites is 1. The summed E-state index contributed by atoms with van der Waals surface area (Å²) in [5, 5.41) is 0. The summed E-state index contributed by atoms with van der Waals surface area (Å²) in [6.45, 7) is 7.27. The predicted octanol–water partition coefficient (Wildman–Crippen LogP) is 3.09. The largest absolute Gasteiger partial charge is 0.314 e. The van der Waals surface area contributed by atoms with Crippen molar-refractivity contribution in [2.75, 3.05) is 51.7 Å². The first-order valence-corrected chi connectivity index (χ1v) is 9.32. The molecule has 1 amide bonds. The molecule has 1 heterocycles. The standard InChI is InChI=1S/C20H33N3O/c1-4-5-13-21(2)16-18-11-14-23(15-12-18)17-20(24)22(3)19-9-7-6-8-10-19/h6-10,18H,4-5,11-17H2,1-3H3. The number of nitrogens with zero attached hydrogens (tertiary/aromatic N) is 3. The molecule has 1 aliphatic heterocycles. The van der Waals surface area contributed by atoms with Crippen molar-refractivity contribution in [3.05, 3.63) is 30.3 Å². The summed E-state index contributed by atoms with van der Waals surface area (Å²) in [6.07, 6.45) is 4.97. The van der Waals surface area contributed by atoms with Crippen molar-refractivity contribution in [3.8, 4) is 0 Å². The molecule has 1 fully saturated rings. The Morgan fingerprint density at radius 3 is 2.46 bits per heavy atom. The number of rotatable bonds is 8. The number of piperidine rings is 1. The Kier molecular flexibility index (Phi) is 7.73. The minimum atomic E-state index is 0.180. The molecule has 0 radical (unpaired) electrons. The second-order valence-corrected chi connectivity index (χ2v) is 7.12. The number of likely N-dealkylation sites (tertiary alicyclic amines) is 1. The zero-order valence-electron chi connectivity index (χ0n) is 15.6. The van der Waals surface area contributed by atoms with Crippen LogP contribution >= 0.6 is 0 Å². The zero-order chi connectivity index (χ0) is 17.4. The van der Waals surface area contributed by atoms with Gasteiger partial charge in [0.1, 0.15) is 0 Å². The third kappa shape index (κ3) is 5.91. The van der Waals surface area contributed by atoms with Crippen molar-refractivity contribution < 1.29 is 4.79 Å². The lowest BCUT2D eigenvalue weighted by atomic mass is 9.96. The Morgan fingerprint density at radius 1 is 1.17 bits per heavy atom. The van der Waals surface area contributed by atoms with Gasteiger partial charge in [0, 0.05) is 19.3 Å². The monoisotopic (exact) mass is 331 g/mol. The molecule has 0 aliphatic carbocycles. The summed E-state index contributed by atoms with van der Waals surface area (Å²) in [5.74, 6) is 0.963. The summed E-state index contributed by atoms with van der Waals surface area (Å²) >= 11 is 0. The van der Waals surface area contributed by atoms with Gasteiger partial charge in [0.25, 0.3) is 0 Å². The van der Waals surface area contributed by atoms with Crippen LogP contribution in [-0.4, -0.2) is 62.5 Å². The highest BCUT2D eigenvalue weighted by atomic mass is 16.2. The smallest absolute Gasteiger partial charge is 0.240 e. The van der Waals surface area contributed by atoms with Gasteiger partial charge in [0.2, 0.25) is 5.91 Å². The third-order valence-electron chi connectivity index (χ3n) is 5.05. The fourth-order valence-electron chi connectivity index (χ4n) is 3.38. The molecule has 1 saturated heterocycles. The second-order valence-electron chi connectivity index (χ2n) is 7.12. The summed E-state index contributed by atoms with van der Waals surface area (Å²) in [5.41, 5.74) is 0.968. The number of amides is 1. The van der Waals surface area contributed by atoms with E-state index in [-0.39, 0.29) is 5.91 Å². The number of benzene rings is 1. The van der Waals surface area contributed by atoms with Crippen LogP contribution in [-0.2, 0) is 4.79 Å². The lowest BCUT2D eigenvalue weighted by molar-refractivity contribution is -0.119. The Labute approximate surface area is 147 Å². The molecule has 4 nitrogen and oxygen atoms in total. The van der Waals surface area contributed by atoms with Gasteiger partial charge in [-0.2, -0.15) is 0 Å². The van der Waals surface area contributed by atoms with Crippen molar-refractivity contribution in [1.29, 1.82) is 0 Å². The van der Waals surface area contributed by atoms with Crippen LogP contribution in [0.2, 0.25) is 0 Å². The van der Waals surface area contributed by atoms with Crippen LogP contribution < -0.4 is 4.90 Å². The lowest BCUT2D eigenvalue weighted by Gasteiger charge is -2.34. The third-order valence-corrected chi connectivity index (χ3v) is 5.05. The Morgan fingerprint density at radius 2 is 1.83 bits per heavy atom. The van der Waals surface area contributed by atoms with E-state index in [1.54, 1.807) is 4.90 Å². The molecule has 134 valence electrons. The Balaban J connectivity index is 1.71. The normalized spacial score (nSPS) is 16.5. The van der Waals surface area contributed by atoms with E-state index in [2.05, 4.69) is 23.8 Å². The number of unbranched alkanes of at least 4 members (excludes halogenated alkanes) is 1. The molecule has 1 aliphatic rings. The number of likely N-dealkylation sites (N-methyl/N-ethyl adjacent to an activating group) is 1. The molecule has 0 atom stereocenters. The van der Waals surface area contributed by atoms with E-state index in [1.165, 1.54) is 38.8 Å². The van der Waals surface area contributed by atoms with Gasteiger partial charge in [-0.1, -0.05) is 31.5 Å². The van der Waals surface area contributed by atoms with E-state index in [0.29, 0.717) is 6.54 Å². The first kappa shape index (κ1) is 18.9. The van der Waals surface area contributed by atoms with E-state index >= 15 is 0 Å². The fraction of sp³-hybridized carbons (Fsp3) is 0.650. The van der Waals surface area contributed by atoms with Crippen LogP contribution in [0.25, 0.3) is 0 Å². The van der Waals surface area contributed by atoms with Crippen LogP contribution in [0.5, 0.6) is 0 Å². The van der Waals surface area contributed by atoms with E-state index in [9.17, 15) is 4.79 Å². The highest BCUT2D eigenvalue weighted by Crippen LogP contribution is 2.19. The summed E-state index contributed by atoms with van der Waals surface area (Å²) in [4.78, 5) is 19.0. The summed E-state index contributed by atoms with van der Waals surface area (Å²) in [7, 11) is 4.10. The number of anilines is 1. The zero-order valence-corrected chi connectivity index (χ0v) is 15.6. The molecule has 0 bridgehead atoms. The quantitative estimate of drug-likeness (QED) is 0.732. The first-order chi connectivity index (χ1) is 11.6. The minimum absolute atomic E-state index is 0.180. The van der Waals surface area contributed by atoms with Gasteiger partial charge in [-0.3, -0.25) is 9.69 Å². The van der Waals surface area contributed by atoms with Crippen LogP contribution in [0.4, 0.5) is 5.69 Å². The Hall–Kier alpha value is -1.39. The Bertz CT molecular complexity index is 483. The molecule has 0 aromatic heterocycles. The predicted molar refractivity (Wildman–Crippen MR) is 101 cm³/mol. The van der Waals surface area contributed by atoms with Crippen LogP contribution in [0.15, 0.2) is 30.3 Å². The molecule has 1 aromatic carbocycles. The minimum Gasteiger partial charge on any atom is -0.314 e. The molecule has 24 heavy (non-hydrogen) atoms. The maximum Gasteiger partial charge on any atom is 0.240 e. The molecule has 0 saturated carbocycles. The van der Waals surface area contributed by atoms with E-state index in [1.807, 2.05) is 37.4 Å². The van der Waals surface area contributed by atoms with Gasteiger partial charge in [-0.15, -0.1) is 0 Å². The van der Waals surface area contributed by atoms with Crippen molar-refractivity contribution in [1.82, 2.24) is 9.80 Å². The van der Waals surface area contributed by atoms with Gasteiger partial charge < -0.3 is 9.80 Å². The average molecular weight is 332 g/mol. The van der Waals surface area contributed by atoms with Gasteiger partial charge in [0.05, 0.1) is 6.54 Å². The van der Waals surface area contributed by atoms with Gasteiger partial charge in [0.15, 0.2) is 0 Å². The van der Waals surface area contributed by atoms with Crippen LogP contribution in [0.3, 0.4) is 0 Å². The highest BCUT2D eigenvalue weighted by molar-refractivity contribution is 5.94. The molecule has 0 unspecified atom stereocenters. The number of hydrogen-bond acceptors (Lipinski definition) is 3. The van der Waals surface area contributed by atoms with Crippen LogP contribution in [0.1, 0.15) is 32.6 Å². The van der Waals surface area contributed by atoms with Crippen LogP contribution in [0, 0.1) is 5.92 Å².